The molecule has 1 saturated heterocycles. The summed E-state index contributed by atoms with van der Waals surface area (Å²) in [5, 5.41) is 0. The minimum Gasteiger partial charge on any atom is -0.497 e. The molecule has 1 aromatic rings. The highest BCUT2D eigenvalue weighted by Gasteiger charge is 2.69. The summed E-state index contributed by atoms with van der Waals surface area (Å²) in [5.41, 5.74) is -1.20. The Bertz CT molecular complexity index is 738. The van der Waals surface area contributed by atoms with E-state index >= 15 is 0 Å². The van der Waals surface area contributed by atoms with Gasteiger partial charge in [0.25, 0.3) is 0 Å². The predicted molar refractivity (Wildman–Crippen MR) is 80.9 cm³/mol. The monoisotopic (exact) mass is 348 g/mol. The maximum atomic E-state index is 12.8. The highest BCUT2D eigenvalue weighted by molar-refractivity contribution is 6.20. The van der Waals surface area contributed by atoms with Crippen LogP contribution in [0, 0.1) is 5.92 Å². The second-order valence-electron chi connectivity index (χ2n) is 5.86. The number of carbonyl (C=O) groups excluding carboxylic acids is 4. The zero-order chi connectivity index (χ0) is 18.2. The minimum absolute atomic E-state index is 0.113. The van der Waals surface area contributed by atoms with E-state index in [-0.39, 0.29) is 6.42 Å². The molecule has 132 valence electrons. The molecule has 0 bridgehead atoms. The Labute approximate surface area is 143 Å². The van der Waals surface area contributed by atoms with E-state index in [1.54, 1.807) is 24.3 Å². The summed E-state index contributed by atoms with van der Waals surface area (Å²) >= 11 is 0. The summed E-state index contributed by atoms with van der Waals surface area (Å²) in [7, 11) is 2.60. The lowest BCUT2D eigenvalue weighted by Crippen LogP contribution is -2.46. The van der Waals surface area contributed by atoms with E-state index in [1.807, 2.05) is 0 Å². The Morgan fingerprint density at radius 3 is 2.48 bits per heavy atom. The first-order chi connectivity index (χ1) is 11.9. The summed E-state index contributed by atoms with van der Waals surface area (Å²) in [6.07, 6.45) is -2.94. The standard InChI is InChI=1S/C17H16O8/c1-22-10-5-3-9(4-6-10)7-11-13(19)15-17(14(11)20,8-12(18)24-15)25-16(21)23-2/h3-6,11,15H,7-8H2,1-2H3/t11?,15-,17-/m1/s1. The quantitative estimate of drug-likeness (QED) is 0.582. The SMILES string of the molecule is COC(=O)O[C@@]12CC(=O)O[C@@H]1C(=O)C(Cc1ccc(OC)cc1)C2=O. The van der Waals surface area contributed by atoms with Gasteiger partial charge in [-0.2, -0.15) is 0 Å². The van der Waals surface area contributed by atoms with Crippen LogP contribution in [-0.2, 0) is 35.0 Å². The fraction of sp³-hybridized carbons (Fsp3) is 0.412. The second kappa shape index (κ2) is 6.19. The number of hydrogen-bond donors (Lipinski definition) is 0. The lowest BCUT2D eigenvalue weighted by atomic mass is 9.91. The van der Waals surface area contributed by atoms with Crippen molar-refractivity contribution in [2.75, 3.05) is 14.2 Å². The van der Waals surface area contributed by atoms with Crippen LogP contribution in [0.25, 0.3) is 0 Å². The third kappa shape index (κ3) is 2.73. The van der Waals surface area contributed by atoms with Gasteiger partial charge in [0, 0.05) is 0 Å². The third-order valence-corrected chi connectivity index (χ3v) is 4.45. The molecule has 8 nitrogen and oxygen atoms in total. The van der Waals surface area contributed by atoms with Crippen LogP contribution in [-0.4, -0.2) is 49.6 Å². The smallest absolute Gasteiger partial charge is 0.497 e. The molecule has 1 aromatic carbocycles. The molecule has 3 rings (SSSR count). The number of methoxy groups -OCH3 is 2. The maximum absolute atomic E-state index is 12.8. The molecule has 1 aliphatic carbocycles. The van der Waals surface area contributed by atoms with Gasteiger partial charge in [-0.1, -0.05) is 12.1 Å². The van der Waals surface area contributed by atoms with E-state index < -0.39 is 47.7 Å². The molecule has 1 aliphatic heterocycles. The topological polar surface area (TPSA) is 105 Å². The zero-order valence-electron chi connectivity index (χ0n) is 13.6. The molecule has 8 heteroatoms. The summed E-state index contributed by atoms with van der Waals surface area (Å²) in [6.45, 7) is 0. The van der Waals surface area contributed by atoms with Crippen molar-refractivity contribution >= 4 is 23.7 Å². The Morgan fingerprint density at radius 2 is 1.88 bits per heavy atom. The first kappa shape index (κ1) is 16.9. The van der Waals surface area contributed by atoms with Crippen LogP contribution >= 0.6 is 0 Å². The average molecular weight is 348 g/mol. The number of carbonyl (C=O) groups is 4. The van der Waals surface area contributed by atoms with E-state index in [0.717, 1.165) is 12.7 Å². The number of hydrogen-bond acceptors (Lipinski definition) is 8. The highest BCUT2D eigenvalue weighted by atomic mass is 16.7. The van der Waals surface area contributed by atoms with Crippen molar-refractivity contribution in [1.29, 1.82) is 0 Å². The lowest BCUT2D eigenvalue weighted by molar-refractivity contribution is -0.149. The van der Waals surface area contributed by atoms with Crippen LogP contribution in [0.1, 0.15) is 12.0 Å². The van der Waals surface area contributed by atoms with Gasteiger partial charge in [0.05, 0.1) is 26.6 Å². The van der Waals surface area contributed by atoms with Crippen molar-refractivity contribution in [1.82, 2.24) is 0 Å². The van der Waals surface area contributed by atoms with Gasteiger partial charge < -0.3 is 18.9 Å². The molecule has 1 unspecified atom stereocenters. The number of fused-ring (bicyclic) bond motifs is 1. The zero-order valence-corrected chi connectivity index (χ0v) is 13.6. The first-order valence-corrected chi connectivity index (χ1v) is 7.58. The van der Waals surface area contributed by atoms with Gasteiger partial charge in [0.15, 0.2) is 11.6 Å². The molecule has 0 N–H and O–H groups in total. The van der Waals surface area contributed by atoms with Crippen LogP contribution in [0.5, 0.6) is 5.75 Å². The van der Waals surface area contributed by atoms with Crippen LogP contribution in [0.2, 0.25) is 0 Å². The van der Waals surface area contributed by atoms with Crippen molar-refractivity contribution < 1.29 is 38.1 Å². The molecule has 0 radical (unpaired) electrons. The summed E-state index contributed by atoms with van der Waals surface area (Å²) in [5.74, 6) is -2.40. The van der Waals surface area contributed by atoms with Gasteiger partial charge in [-0.3, -0.25) is 14.4 Å². The Hall–Kier alpha value is -2.90. The van der Waals surface area contributed by atoms with Crippen molar-refractivity contribution in [2.24, 2.45) is 5.92 Å². The molecule has 25 heavy (non-hydrogen) atoms. The van der Waals surface area contributed by atoms with Gasteiger partial charge in [-0.15, -0.1) is 0 Å². The molecular formula is C17H16O8. The molecule has 1 saturated carbocycles. The van der Waals surface area contributed by atoms with E-state index in [4.69, 9.17) is 14.2 Å². The molecule has 3 atom stereocenters. The summed E-state index contributed by atoms with van der Waals surface area (Å²) in [6, 6.07) is 6.88. The van der Waals surface area contributed by atoms with Crippen LogP contribution in [0.3, 0.4) is 0 Å². The van der Waals surface area contributed by atoms with E-state index in [1.165, 1.54) is 7.11 Å². The largest absolute Gasteiger partial charge is 0.509 e. The Morgan fingerprint density at radius 1 is 1.20 bits per heavy atom. The first-order valence-electron chi connectivity index (χ1n) is 7.58. The average Bonchev–Trinajstić information content (AvgIpc) is 3.03. The molecule has 2 fully saturated rings. The highest BCUT2D eigenvalue weighted by Crippen LogP contribution is 2.43. The molecule has 0 spiro atoms. The van der Waals surface area contributed by atoms with Crippen molar-refractivity contribution in [3.05, 3.63) is 29.8 Å². The fourth-order valence-electron chi connectivity index (χ4n) is 3.21. The van der Waals surface area contributed by atoms with Gasteiger partial charge in [-0.25, -0.2) is 4.79 Å². The van der Waals surface area contributed by atoms with Crippen LogP contribution in [0.4, 0.5) is 4.79 Å². The maximum Gasteiger partial charge on any atom is 0.509 e. The predicted octanol–water partition coefficient (Wildman–Crippen LogP) is 0.843. The van der Waals surface area contributed by atoms with Crippen molar-refractivity contribution in [2.45, 2.75) is 24.5 Å². The van der Waals surface area contributed by atoms with Gasteiger partial charge in [0.1, 0.15) is 5.75 Å². The van der Waals surface area contributed by atoms with Crippen LogP contribution < -0.4 is 4.74 Å². The van der Waals surface area contributed by atoms with Gasteiger partial charge >= 0.3 is 12.1 Å². The molecular weight excluding hydrogens is 332 g/mol. The van der Waals surface area contributed by atoms with E-state index in [0.29, 0.717) is 5.75 Å². The van der Waals surface area contributed by atoms with Crippen molar-refractivity contribution in [3.63, 3.8) is 0 Å². The molecule has 0 aromatic heterocycles. The normalized spacial score (nSPS) is 27.7. The number of ether oxygens (including phenoxy) is 4. The van der Waals surface area contributed by atoms with E-state index in [2.05, 4.69) is 4.74 Å². The van der Waals surface area contributed by atoms with Gasteiger partial charge in [-0.05, 0) is 24.1 Å². The number of rotatable bonds is 4. The fourth-order valence-corrected chi connectivity index (χ4v) is 3.21. The lowest BCUT2D eigenvalue weighted by Gasteiger charge is -2.22. The third-order valence-electron chi connectivity index (χ3n) is 4.45. The van der Waals surface area contributed by atoms with E-state index in [9.17, 15) is 19.2 Å². The molecule has 1 heterocycles. The van der Waals surface area contributed by atoms with Gasteiger partial charge in [0.2, 0.25) is 11.7 Å². The Kier molecular flexibility index (Phi) is 4.20. The second-order valence-corrected chi connectivity index (χ2v) is 5.86. The van der Waals surface area contributed by atoms with Crippen molar-refractivity contribution in [3.8, 4) is 5.75 Å². The summed E-state index contributed by atoms with van der Waals surface area (Å²) in [4.78, 5) is 48.5. The minimum atomic E-state index is -1.93. The Balaban J connectivity index is 1.87. The molecule has 2 aliphatic rings. The summed E-state index contributed by atoms with van der Waals surface area (Å²) < 4.78 is 19.5. The number of ketones is 2. The number of benzene rings is 1. The molecule has 0 amide bonds. The number of Topliss-reactive ketones (excluding diaryl/α,β-unsaturated/α-hetero) is 2. The van der Waals surface area contributed by atoms with Crippen LogP contribution in [0.15, 0.2) is 24.3 Å². The number of esters is 1.